The highest BCUT2D eigenvalue weighted by Crippen LogP contribution is 2.18. The quantitative estimate of drug-likeness (QED) is 0.816. The van der Waals surface area contributed by atoms with Crippen molar-refractivity contribution in [1.29, 1.82) is 0 Å². The van der Waals surface area contributed by atoms with Gasteiger partial charge in [0.2, 0.25) is 0 Å². The van der Waals surface area contributed by atoms with Crippen molar-refractivity contribution in [2.75, 3.05) is 6.61 Å². The normalized spacial score (nSPS) is 18.0. The van der Waals surface area contributed by atoms with E-state index in [1.54, 1.807) is 13.8 Å². The molecular weight excluding hydrogens is 268 g/mol. The summed E-state index contributed by atoms with van der Waals surface area (Å²) in [7, 11) is 0. The van der Waals surface area contributed by atoms with Gasteiger partial charge < -0.3 is 15.4 Å². The van der Waals surface area contributed by atoms with Crippen LogP contribution >= 0.6 is 0 Å². The molecule has 0 bridgehead atoms. The highest BCUT2D eigenvalue weighted by molar-refractivity contribution is 5.94. The van der Waals surface area contributed by atoms with Crippen molar-refractivity contribution in [3.8, 4) is 0 Å². The molecule has 0 radical (unpaired) electrons. The van der Waals surface area contributed by atoms with Gasteiger partial charge in [-0.05, 0) is 32.3 Å². The van der Waals surface area contributed by atoms with Gasteiger partial charge in [0.1, 0.15) is 0 Å². The fourth-order valence-electron chi connectivity index (χ4n) is 2.44. The Morgan fingerprint density at radius 1 is 1.29 bits per heavy atom. The van der Waals surface area contributed by atoms with Crippen molar-refractivity contribution in [1.82, 2.24) is 10.6 Å². The molecule has 1 aromatic carbocycles. The molecule has 0 aromatic heterocycles. The fraction of sp³-hybridized carbons (Fsp3) is 0.375. The first-order valence-corrected chi connectivity index (χ1v) is 7.11. The molecule has 0 saturated carbocycles. The highest BCUT2D eigenvalue weighted by Gasteiger charge is 2.30. The van der Waals surface area contributed by atoms with Gasteiger partial charge in [-0.2, -0.15) is 0 Å². The molecule has 0 spiro atoms. The summed E-state index contributed by atoms with van der Waals surface area (Å²) in [6.07, 6.45) is 1.44. The monoisotopic (exact) mass is 288 g/mol. The third-order valence-electron chi connectivity index (χ3n) is 3.42. The van der Waals surface area contributed by atoms with Gasteiger partial charge in [0.15, 0.2) is 0 Å². The maximum Gasteiger partial charge on any atom is 0.337 e. The van der Waals surface area contributed by atoms with Crippen molar-refractivity contribution in [3.05, 3.63) is 47.2 Å². The lowest BCUT2D eigenvalue weighted by Crippen LogP contribution is -2.50. The summed E-state index contributed by atoms with van der Waals surface area (Å²) in [6, 6.07) is 9.38. The number of carbonyl (C=O) groups excluding carboxylic acids is 2. The average Bonchev–Trinajstić information content (AvgIpc) is 2.45. The maximum atomic E-state index is 12.1. The van der Waals surface area contributed by atoms with Gasteiger partial charge in [0.25, 0.3) is 0 Å². The summed E-state index contributed by atoms with van der Waals surface area (Å²) in [5, 5.41) is 5.42. The van der Waals surface area contributed by atoms with Gasteiger partial charge in [0.05, 0.1) is 18.2 Å². The number of ether oxygens (including phenoxy) is 1. The van der Waals surface area contributed by atoms with Crippen molar-refractivity contribution >= 4 is 12.0 Å². The van der Waals surface area contributed by atoms with E-state index in [-0.39, 0.29) is 18.0 Å². The molecule has 0 fully saturated rings. The molecule has 5 nitrogen and oxygen atoms in total. The number of hydrogen-bond acceptors (Lipinski definition) is 3. The number of hydrogen-bond donors (Lipinski definition) is 2. The Bertz CT molecular complexity index is 552. The first kappa shape index (κ1) is 15.1. The van der Waals surface area contributed by atoms with Crippen LogP contribution in [0.4, 0.5) is 4.79 Å². The minimum Gasteiger partial charge on any atom is -0.463 e. The summed E-state index contributed by atoms with van der Waals surface area (Å²) in [5.41, 5.74) is 2.24. The summed E-state index contributed by atoms with van der Waals surface area (Å²) >= 11 is 0. The summed E-state index contributed by atoms with van der Waals surface area (Å²) < 4.78 is 5.08. The smallest absolute Gasteiger partial charge is 0.337 e. The molecule has 0 aliphatic carbocycles. The number of esters is 1. The standard InChI is InChI=1S/C16H20N2O3/c1-3-21-15(19)14-11(2)17-16(20)18-13(14)10-9-12-7-5-4-6-8-12/h4-8,13H,3,9-10H2,1-2H3,(H2,17,18,20). The van der Waals surface area contributed by atoms with E-state index in [1.807, 2.05) is 30.3 Å². The Kier molecular flexibility index (Phi) is 4.98. The second-order valence-corrected chi connectivity index (χ2v) is 4.93. The molecule has 1 aliphatic heterocycles. The van der Waals surface area contributed by atoms with E-state index in [4.69, 9.17) is 4.74 Å². The van der Waals surface area contributed by atoms with E-state index in [2.05, 4.69) is 10.6 Å². The van der Waals surface area contributed by atoms with E-state index >= 15 is 0 Å². The number of rotatable bonds is 5. The van der Waals surface area contributed by atoms with E-state index in [0.29, 0.717) is 24.3 Å². The highest BCUT2D eigenvalue weighted by atomic mass is 16.5. The van der Waals surface area contributed by atoms with Gasteiger partial charge in [-0.1, -0.05) is 30.3 Å². The first-order valence-electron chi connectivity index (χ1n) is 7.11. The van der Waals surface area contributed by atoms with Gasteiger partial charge in [-0.15, -0.1) is 0 Å². The lowest BCUT2D eigenvalue weighted by atomic mass is 9.96. The molecule has 21 heavy (non-hydrogen) atoms. The molecule has 0 saturated heterocycles. The predicted octanol–water partition coefficient (Wildman–Crippen LogP) is 2.14. The zero-order valence-corrected chi connectivity index (χ0v) is 12.3. The summed E-state index contributed by atoms with van der Waals surface area (Å²) in [5.74, 6) is -0.374. The van der Waals surface area contributed by atoms with E-state index in [1.165, 1.54) is 5.56 Å². The van der Waals surface area contributed by atoms with Crippen LogP contribution in [-0.4, -0.2) is 24.6 Å². The van der Waals surface area contributed by atoms with Crippen molar-refractivity contribution < 1.29 is 14.3 Å². The van der Waals surface area contributed by atoms with Crippen LogP contribution in [0.15, 0.2) is 41.6 Å². The number of nitrogens with one attached hydrogen (secondary N) is 2. The maximum absolute atomic E-state index is 12.1. The van der Waals surface area contributed by atoms with Crippen molar-refractivity contribution in [2.45, 2.75) is 32.7 Å². The number of amides is 2. The Hall–Kier alpha value is -2.30. The van der Waals surface area contributed by atoms with Crippen LogP contribution in [-0.2, 0) is 16.0 Å². The van der Waals surface area contributed by atoms with Crippen LogP contribution in [0.3, 0.4) is 0 Å². The predicted molar refractivity (Wildman–Crippen MR) is 79.6 cm³/mol. The molecule has 112 valence electrons. The van der Waals surface area contributed by atoms with Crippen LogP contribution < -0.4 is 10.6 Å². The average molecular weight is 288 g/mol. The van der Waals surface area contributed by atoms with Crippen LogP contribution in [0.1, 0.15) is 25.8 Å². The molecule has 2 rings (SSSR count). The summed E-state index contributed by atoms with van der Waals surface area (Å²) in [6.45, 7) is 3.80. The first-order chi connectivity index (χ1) is 10.1. The van der Waals surface area contributed by atoms with Gasteiger partial charge in [-0.25, -0.2) is 9.59 Å². The number of urea groups is 1. The van der Waals surface area contributed by atoms with Crippen molar-refractivity contribution in [2.24, 2.45) is 0 Å². The second-order valence-electron chi connectivity index (χ2n) is 4.93. The Morgan fingerprint density at radius 3 is 2.67 bits per heavy atom. The molecule has 2 amide bonds. The molecular formula is C16H20N2O3. The zero-order chi connectivity index (χ0) is 15.2. The lowest BCUT2D eigenvalue weighted by Gasteiger charge is -2.27. The van der Waals surface area contributed by atoms with Crippen LogP contribution in [0, 0.1) is 0 Å². The molecule has 1 aromatic rings. The van der Waals surface area contributed by atoms with E-state index < -0.39 is 0 Å². The van der Waals surface area contributed by atoms with E-state index in [0.717, 1.165) is 6.42 Å². The number of carbonyl (C=O) groups is 2. The molecule has 1 atom stereocenters. The van der Waals surface area contributed by atoms with Crippen LogP contribution in [0.25, 0.3) is 0 Å². The topological polar surface area (TPSA) is 67.4 Å². The number of allylic oxidation sites excluding steroid dienone is 1. The van der Waals surface area contributed by atoms with Gasteiger partial charge in [0, 0.05) is 5.70 Å². The van der Waals surface area contributed by atoms with Crippen LogP contribution in [0.2, 0.25) is 0 Å². The fourth-order valence-corrected chi connectivity index (χ4v) is 2.44. The number of aryl methyl sites for hydroxylation is 1. The largest absolute Gasteiger partial charge is 0.463 e. The molecule has 2 N–H and O–H groups in total. The van der Waals surface area contributed by atoms with E-state index in [9.17, 15) is 9.59 Å². The SMILES string of the molecule is CCOC(=O)C1=C(C)NC(=O)NC1CCc1ccccc1. The Balaban J connectivity index is 2.12. The molecule has 5 heteroatoms. The third kappa shape index (κ3) is 3.84. The second kappa shape index (κ2) is 6.92. The molecule has 1 aliphatic rings. The zero-order valence-electron chi connectivity index (χ0n) is 12.3. The molecule has 1 heterocycles. The van der Waals surface area contributed by atoms with Crippen molar-refractivity contribution in [3.63, 3.8) is 0 Å². The minimum absolute atomic E-state index is 0.279. The Labute approximate surface area is 124 Å². The van der Waals surface area contributed by atoms with Gasteiger partial charge in [-0.3, -0.25) is 0 Å². The van der Waals surface area contributed by atoms with Gasteiger partial charge >= 0.3 is 12.0 Å². The molecule has 1 unspecified atom stereocenters. The Morgan fingerprint density at radius 2 is 2.00 bits per heavy atom. The third-order valence-corrected chi connectivity index (χ3v) is 3.42. The lowest BCUT2D eigenvalue weighted by molar-refractivity contribution is -0.139. The minimum atomic E-state index is -0.374. The number of benzene rings is 1. The van der Waals surface area contributed by atoms with Crippen LogP contribution in [0.5, 0.6) is 0 Å². The summed E-state index contributed by atoms with van der Waals surface area (Å²) in [4.78, 5) is 23.7.